The topological polar surface area (TPSA) is 81.4 Å². The van der Waals surface area contributed by atoms with Crippen molar-refractivity contribution in [2.75, 3.05) is 16.7 Å². The molecule has 0 aromatic heterocycles. The molecule has 0 radical (unpaired) electrons. The van der Waals surface area contributed by atoms with Crippen molar-refractivity contribution in [3.8, 4) is 11.5 Å². The van der Waals surface area contributed by atoms with Crippen LogP contribution in [0, 0.1) is 0 Å². The Labute approximate surface area is 112 Å². The van der Waals surface area contributed by atoms with Gasteiger partial charge in [0, 0.05) is 5.69 Å². The quantitative estimate of drug-likeness (QED) is 0.842. The normalized spacial score (nSPS) is 11.0. The van der Waals surface area contributed by atoms with E-state index in [1.165, 1.54) is 6.07 Å². The Kier molecular flexibility index (Phi) is 3.62. The number of para-hydroxylation sites is 1. The molecule has 0 amide bonds. The van der Waals surface area contributed by atoms with Crippen LogP contribution in [-0.4, -0.2) is 14.7 Å². The van der Waals surface area contributed by atoms with Crippen LogP contribution in [0.1, 0.15) is 0 Å². The molecule has 2 aromatic carbocycles. The summed E-state index contributed by atoms with van der Waals surface area (Å²) < 4.78 is 30.6. The number of nitrogens with one attached hydrogen (secondary N) is 1. The summed E-state index contributed by atoms with van der Waals surface area (Å²) in [6, 6.07) is 13.9. The number of hydrogen-bond donors (Lipinski definition) is 2. The minimum absolute atomic E-state index is 0.311. The average Bonchev–Trinajstić information content (AvgIpc) is 2.32. The molecule has 3 N–H and O–H groups in total. The fraction of sp³-hybridized carbons (Fsp3) is 0.0769. The van der Waals surface area contributed by atoms with Crippen LogP contribution in [0.2, 0.25) is 0 Å². The van der Waals surface area contributed by atoms with Gasteiger partial charge in [-0.2, -0.15) is 0 Å². The van der Waals surface area contributed by atoms with E-state index in [0.717, 1.165) is 6.26 Å². The van der Waals surface area contributed by atoms with Crippen molar-refractivity contribution in [1.29, 1.82) is 0 Å². The molecule has 0 spiro atoms. The van der Waals surface area contributed by atoms with Crippen LogP contribution in [-0.2, 0) is 10.0 Å². The van der Waals surface area contributed by atoms with Gasteiger partial charge in [-0.3, -0.25) is 4.72 Å². The highest BCUT2D eigenvalue weighted by molar-refractivity contribution is 7.92. The van der Waals surface area contributed by atoms with E-state index in [4.69, 9.17) is 10.5 Å². The van der Waals surface area contributed by atoms with Crippen LogP contribution in [0.5, 0.6) is 11.5 Å². The van der Waals surface area contributed by atoms with Gasteiger partial charge in [-0.1, -0.05) is 18.2 Å². The Bertz CT molecular complexity index is 670. The largest absolute Gasteiger partial charge is 0.455 e. The predicted molar refractivity (Wildman–Crippen MR) is 75.8 cm³/mol. The molecule has 0 aliphatic carbocycles. The summed E-state index contributed by atoms with van der Waals surface area (Å²) >= 11 is 0. The predicted octanol–water partition coefficient (Wildman–Crippen LogP) is 2.43. The van der Waals surface area contributed by atoms with E-state index in [0.29, 0.717) is 22.9 Å². The van der Waals surface area contributed by atoms with Crippen LogP contribution < -0.4 is 15.2 Å². The van der Waals surface area contributed by atoms with E-state index in [2.05, 4.69) is 4.72 Å². The van der Waals surface area contributed by atoms with E-state index in [1.54, 1.807) is 24.3 Å². The Hall–Kier alpha value is -2.21. The zero-order valence-corrected chi connectivity index (χ0v) is 11.1. The van der Waals surface area contributed by atoms with Crippen molar-refractivity contribution in [1.82, 2.24) is 0 Å². The van der Waals surface area contributed by atoms with Crippen LogP contribution in [0.4, 0.5) is 11.4 Å². The first-order valence-corrected chi connectivity index (χ1v) is 7.43. The number of rotatable bonds is 4. The zero-order valence-electron chi connectivity index (χ0n) is 10.3. The van der Waals surface area contributed by atoms with E-state index in [1.807, 2.05) is 18.2 Å². The van der Waals surface area contributed by atoms with Crippen LogP contribution in [0.15, 0.2) is 48.5 Å². The van der Waals surface area contributed by atoms with Gasteiger partial charge in [-0.15, -0.1) is 0 Å². The molecule has 0 bridgehead atoms. The molecule has 5 nitrogen and oxygen atoms in total. The maximum atomic E-state index is 11.3. The number of hydrogen-bond acceptors (Lipinski definition) is 4. The summed E-state index contributed by atoms with van der Waals surface area (Å²) in [5, 5.41) is 0. The number of anilines is 2. The smallest absolute Gasteiger partial charge is 0.229 e. The molecule has 0 unspecified atom stereocenters. The lowest BCUT2D eigenvalue weighted by atomic mass is 10.2. The van der Waals surface area contributed by atoms with Gasteiger partial charge in [0.1, 0.15) is 5.75 Å². The SMILES string of the molecule is CS(=O)(=O)Nc1cc(N)ccc1Oc1ccccc1. The minimum atomic E-state index is -3.39. The van der Waals surface area contributed by atoms with Crippen molar-refractivity contribution < 1.29 is 13.2 Å². The monoisotopic (exact) mass is 278 g/mol. The fourth-order valence-electron chi connectivity index (χ4n) is 1.53. The van der Waals surface area contributed by atoms with Gasteiger partial charge < -0.3 is 10.5 Å². The lowest BCUT2D eigenvalue weighted by molar-refractivity contribution is 0.485. The fourth-order valence-corrected chi connectivity index (χ4v) is 2.09. The molecule has 0 aliphatic rings. The lowest BCUT2D eigenvalue weighted by Crippen LogP contribution is -2.10. The molecule has 0 saturated carbocycles. The molecule has 2 aromatic rings. The third-order valence-corrected chi connectivity index (χ3v) is 2.86. The molecule has 19 heavy (non-hydrogen) atoms. The second-order valence-electron chi connectivity index (χ2n) is 4.04. The lowest BCUT2D eigenvalue weighted by Gasteiger charge is -2.12. The molecule has 100 valence electrons. The molecule has 0 aliphatic heterocycles. The Morgan fingerprint density at radius 2 is 1.79 bits per heavy atom. The highest BCUT2D eigenvalue weighted by Crippen LogP contribution is 2.31. The Morgan fingerprint density at radius 1 is 1.11 bits per heavy atom. The second-order valence-corrected chi connectivity index (χ2v) is 5.79. The van der Waals surface area contributed by atoms with E-state index in [9.17, 15) is 8.42 Å². The van der Waals surface area contributed by atoms with Gasteiger partial charge in [-0.25, -0.2) is 8.42 Å². The summed E-state index contributed by atoms with van der Waals surface area (Å²) in [5.41, 5.74) is 6.41. The highest BCUT2D eigenvalue weighted by atomic mass is 32.2. The van der Waals surface area contributed by atoms with Crippen molar-refractivity contribution in [2.24, 2.45) is 0 Å². The summed E-state index contributed by atoms with van der Waals surface area (Å²) in [6.07, 6.45) is 1.07. The second kappa shape index (κ2) is 5.19. The van der Waals surface area contributed by atoms with Crippen LogP contribution in [0.3, 0.4) is 0 Å². The number of benzene rings is 2. The molecular formula is C13H14N2O3S. The number of nitrogens with two attached hydrogens (primary N) is 1. The zero-order chi connectivity index (χ0) is 13.9. The van der Waals surface area contributed by atoms with E-state index in [-0.39, 0.29) is 0 Å². The molecule has 0 saturated heterocycles. The Morgan fingerprint density at radius 3 is 2.42 bits per heavy atom. The number of ether oxygens (including phenoxy) is 1. The maximum Gasteiger partial charge on any atom is 0.229 e. The van der Waals surface area contributed by atoms with Crippen molar-refractivity contribution >= 4 is 21.4 Å². The first kappa shape index (κ1) is 13.2. The first-order chi connectivity index (χ1) is 8.94. The van der Waals surface area contributed by atoms with Crippen LogP contribution in [0.25, 0.3) is 0 Å². The van der Waals surface area contributed by atoms with Crippen molar-refractivity contribution in [2.45, 2.75) is 0 Å². The molecule has 6 heteroatoms. The Balaban J connectivity index is 2.34. The summed E-state index contributed by atoms with van der Waals surface area (Å²) in [6.45, 7) is 0. The van der Waals surface area contributed by atoms with Gasteiger partial charge in [0.05, 0.1) is 11.9 Å². The van der Waals surface area contributed by atoms with Gasteiger partial charge in [0.15, 0.2) is 5.75 Å². The highest BCUT2D eigenvalue weighted by Gasteiger charge is 2.10. The van der Waals surface area contributed by atoms with Gasteiger partial charge in [0.2, 0.25) is 10.0 Å². The van der Waals surface area contributed by atoms with Crippen LogP contribution >= 0.6 is 0 Å². The first-order valence-electron chi connectivity index (χ1n) is 5.54. The maximum absolute atomic E-state index is 11.3. The summed E-state index contributed by atoms with van der Waals surface area (Å²) in [5.74, 6) is 1.01. The number of sulfonamides is 1. The summed E-state index contributed by atoms with van der Waals surface area (Å²) in [4.78, 5) is 0. The number of nitrogen functional groups attached to an aromatic ring is 1. The minimum Gasteiger partial charge on any atom is -0.455 e. The van der Waals surface area contributed by atoms with Gasteiger partial charge >= 0.3 is 0 Å². The third kappa shape index (κ3) is 3.89. The third-order valence-electron chi connectivity index (χ3n) is 2.27. The molecule has 0 heterocycles. The molecule has 0 fully saturated rings. The van der Waals surface area contributed by atoms with Gasteiger partial charge in [0.25, 0.3) is 0 Å². The average molecular weight is 278 g/mol. The summed E-state index contributed by atoms with van der Waals surface area (Å²) in [7, 11) is -3.39. The molecule has 2 rings (SSSR count). The van der Waals surface area contributed by atoms with Crippen molar-refractivity contribution in [3.63, 3.8) is 0 Å². The molecule has 0 atom stereocenters. The van der Waals surface area contributed by atoms with Crippen molar-refractivity contribution in [3.05, 3.63) is 48.5 Å². The van der Waals surface area contributed by atoms with E-state index >= 15 is 0 Å². The molecular weight excluding hydrogens is 264 g/mol. The van der Waals surface area contributed by atoms with Gasteiger partial charge in [-0.05, 0) is 30.3 Å². The van der Waals surface area contributed by atoms with E-state index < -0.39 is 10.0 Å². The standard InChI is InChI=1S/C13H14N2O3S/c1-19(16,17)15-12-9-10(14)7-8-13(12)18-11-5-3-2-4-6-11/h2-9,15H,14H2,1H3.